The molecule has 0 saturated heterocycles. The van der Waals surface area contributed by atoms with Gasteiger partial charge in [-0.3, -0.25) is 15.0 Å². The third kappa shape index (κ3) is 2.50. The molecule has 0 aliphatic heterocycles. The Hall–Kier alpha value is -2.21. The molecule has 0 spiro atoms. The molecule has 1 aliphatic rings. The van der Waals surface area contributed by atoms with Crippen LogP contribution in [-0.4, -0.2) is 10.5 Å². The van der Waals surface area contributed by atoms with E-state index in [4.69, 9.17) is 5.84 Å². The number of nitrogens with two attached hydrogens (primary N) is 1. The van der Waals surface area contributed by atoms with Gasteiger partial charge in [-0.1, -0.05) is 19.3 Å². The van der Waals surface area contributed by atoms with Crippen molar-refractivity contribution in [2.75, 3.05) is 0 Å². The van der Waals surface area contributed by atoms with Gasteiger partial charge in [0, 0.05) is 17.5 Å². The number of amides is 1. The summed E-state index contributed by atoms with van der Waals surface area (Å²) in [5.41, 5.74) is 2.53. The van der Waals surface area contributed by atoms with Crippen molar-refractivity contribution in [2.24, 2.45) is 5.84 Å². The van der Waals surface area contributed by atoms with Crippen LogP contribution in [0.2, 0.25) is 0 Å². The van der Waals surface area contributed by atoms with Crippen LogP contribution in [0, 0.1) is 5.82 Å². The fraction of sp³-hybridized carbons (Fsp3) is 0.375. The molecular weight excluding hydrogens is 285 g/mol. The predicted octanol–water partition coefficient (Wildman–Crippen LogP) is 2.25. The van der Waals surface area contributed by atoms with Crippen molar-refractivity contribution in [3.05, 3.63) is 46.0 Å². The highest BCUT2D eigenvalue weighted by Gasteiger charge is 2.23. The minimum atomic E-state index is -0.506. The summed E-state index contributed by atoms with van der Waals surface area (Å²) in [6.07, 6.45) is 5.18. The summed E-state index contributed by atoms with van der Waals surface area (Å²) in [5, 5.41) is 0.291. The number of halogens is 1. The number of benzene rings is 1. The number of pyridine rings is 1. The van der Waals surface area contributed by atoms with E-state index in [0.29, 0.717) is 10.9 Å². The number of carbonyl (C=O) groups excluding carboxylic acids is 1. The van der Waals surface area contributed by atoms with E-state index >= 15 is 0 Å². The number of nitrogens with one attached hydrogen (secondary N) is 1. The van der Waals surface area contributed by atoms with Crippen molar-refractivity contribution >= 4 is 16.8 Å². The summed E-state index contributed by atoms with van der Waals surface area (Å²) in [7, 11) is 0. The maximum absolute atomic E-state index is 13.5. The minimum absolute atomic E-state index is 0.120. The summed E-state index contributed by atoms with van der Waals surface area (Å²) < 4.78 is 15.3. The zero-order valence-electron chi connectivity index (χ0n) is 12.1. The van der Waals surface area contributed by atoms with Gasteiger partial charge in [-0.2, -0.15) is 0 Å². The smallest absolute Gasteiger partial charge is 0.281 e. The Balaban J connectivity index is 2.30. The van der Waals surface area contributed by atoms with Gasteiger partial charge < -0.3 is 4.57 Å². The van der Waals surface area contributed by atoms with E-state index in [2.05, 4.69) is 5.43 Å². The quantitative estimate of drug-likeness (QED) is 0.507. The topological polar surface area (TPSA) is 77.1 Å². The number of rotatable bonds is 2. The number of nitrogens with zero attached hydrogens (tertiary/aromatic N) is 1. The number of fused-ring (bicyclic) bond motifs is 1. The number of nitrogen functional groups attached to an aromatic ring is 1. The van der Waals surface area contributed by atoms with Crippen molar-refractivity contribution < 1.29 is 9.18 Å². The minimum Gasteiger partial charge on any atom is -0.333 e. The van der Waals surface area contributed by atoms with Gasteiger partial charge in [-0.05, 0) is 31.0 Å². The van der Waals surface area contributed by atoms with Crippen molar-refractivity contribution in [1.29, 1.82) is 0 Å². The molecule has 1 saturated carbocycles. The normalized spacial score (nSPS) is 15.9. The van der Waals surface area contributed by atoms with Gasteiger partial charge in [0.25, 0.3) is 5.91 Å². The molecular formula is C16H18FN3O2. The third-order valence-corrected chi connectivity index (χ3v) is 4.31. The molecule has 5 nitrogen and oxygen atoms in total. The summed E-state index contributed by atoms with van der Waals surface area (Å²) in [6.45, 7) is 0. The van der Waals surface area contributed by atoms with Crippen LogP contribution in [0.1, 0.15) is 48.6 Å². The first kappa shape index (κ1) is 14.7. The zero-order chi connectivity index (χ0) is 15.7. The molecule has 0 radical (unpaired) electrons. The predicted molar refractivity (Wildman–Crippen MR) is 81.9 cm³/mol. The molecule has 0 unspecified atom stereocenters. The summed E-state index contributed by atoms with van der Waals surface area (Å²) in [6, 6.07) is 5.47. The highest BCUT2D eigenvalue weighted by Crippen LogP contribution is 2.31. The third-order valence-electron chi connectivity index (χ3n) is 4.31. The first-order chi connectivity index (χ1) is 10.6. The maximum atomic E-state index is 13.5. The molecule has 1 aliphatic carbocycles. The van der Waals surface area contributed by atoms with Crippen LogP contribution in [0.5, 0.6) is 0 Å². The van der Waals surface area contributed by atoms with Crippen molar-refractivity contribution in [1.82, 2.24) is 9.99 Å². The molecule has 2 aromatic rings. The molecule has 3 N–H and O–H groups in total. The van der Waals surface area contributed by atoms with Crippen LogP contribution in [0.25, 0.3) is 10.9 Å². The van der Waals surface area contributed by atoms with Crippen molar-refractivity contribution in [2.45, 2.75) is 38.1 Å². The van der Waals surface area contributed by atoms with Gasteiger partial charge in [0.15, 0.2) is 5.43 Å². The molecule has 0 bridgehead atoms. The second-order valence-corrected chi connectivity index (χ2v) is 5.69. The van der Waals surface area contributed by atoms with E-state index in [1.807, 2.05) is 4.57 Å². The molecule has 1 fully saturated rings. The fourth-order valence-electron chi connectivity index (χ4n) is 3.30. The van der Waals surface area contributed by atoms with Crippen LogP contribution in [0.4, 0.5) is 4.39 Å². The Kier molecular flexibility index (Phi) is 3.94. The van der Waals surface area contributed by atoms with Crippen molar-refractivity contribution in [3.63, 3.8) is 0 Å². The largest absolute Gasteiger partial charge is 0.333 e. The lowest BCUT2D eigenvalue weighted by Gasteiger charge is -2.28. The molecule has 1 amide bonds. The van der Waals surface area contributed by atoms with Gasteiger partial charge in [-0.15, -0.1) is 0 Å². The molecule has 1 heterocycles. The van der Waals surface area contributed by atoms with Gasteiger partial charge in [-0.25, -0.2) is 10.2 Å². The average Bonchev–Trinajstić information content (AvgIpc) is 2.55. The first-order valence-corrected chi connectivity index (χ1v) is 7.47. The van der Waals surface area contributed by atoms with E-state index in [-0.39, 0.29) is 17.2 Å². The van der Waals surface area contributed by atoms with Crippen LogP contribution < -0.4 is 16.7 Å². The Morgan fingerprint density at radius 2 is 1.95 bits per heavy atom. The Morgan fingerprint density at radius 1 is 1.23 bits per heavy atom. The summed E-state index contributed by atoms with van der Waals surface area (Å²) >= 11 is 0. The molecule has 1 aromatic heterocycles. The van der Waals surface area contributed by atoms with Crippen LogP contribution >= 0.6 is 0 Å². The van der Waals surface area contributed by atoms with E-state index in [9.17, 15) is 14.0 Å². The molecule has 6 heteroatoms. The van der Waals surface area contributed by atoms with Gasteiger partial charge in [0.2, 0.25) is 0 Å². The molecule has 22 heavy (non-hydrogen) atoms. The van der Waals surface area contributed by atoms with Crippen LogP contribution in [-0.2, 0) is 0 Å². The lowest BCUT2D eigenvalue weighted by molar-refractivity contribution is 0.0940. The maximum Gasteiger partial charge on any atom is 0.281 e. The van der Waals surface area contributed by atoms with E-state index < -0.39 is 11.7 Å². The Morgan fingerprint density at radius 3 is 2.64 bits per heavy atom. The van der Waals surface area contributed by atoms with E-state index in [0.717, 1.165) is 25.7 Å². The summed E-state index contributed by atoms with van der Waals surface area (Å²) in [4.78, 5) is 24.3. The Bertz CT molecular complexity index is 779. The number of hydrogen-bond acceptors (Lipinski definition) is 3. The highest BCUT2D eigenvalue weighted by molar-refractivity contribution is 5.95. The highest BCUT2D eigenvalue weighted by atomic mass is 19.1. The fourth-order valence-corrected chi connectivity index (χ4v) is 3.30. The van der Waals surface area contributed by atoms with Gasteiger partial charge in [0.05, 0.1) is 5.52 Å². The second kappa shape index (κ2) is 5.88. The first-order valence-electron chi connectivity index (χ1n) is 7.47. The number of hydrogen-bond donors (Lipinski definition) is 2. The SMILES string of the molecule is NNC(=O)c1cc(=O)c2cc(F)ccc2n1C1CCCCC1. The van der Waals surface area contributed by atoms with Crippen molar-refractivity contribution in [3.8, 4) is 0 Å². The molecule has 1 aromatic carbocycles. The number of aromatic nitrogens is 1. The van der Waals surface area contributed by atoms with Gasteiger partial charge in [0.1, 0.15) is 11.5 Å². The molecule has 0 atom stereocenters. The Labute approximate surface area is 126 Å². The zero-order valence-corrected chi connectivity index (χ0v) is 12.1. The monoisotopic (exact) mass is 303 g/mol. The lowest BCUT2D eigenvalue weighted by atomic mass is 9.94. The second-order valence-electron chi connectivity index (χ2n) is 5.69. The lowest BCUT2D eigenvalue weighted by Crippen LogP contribution is -2.35. The number of hydrazine groups is 1. The van der Waals surface area contributed by atoms with E-state index in [1.54, 1.807) is 6.07 Å². The van der Waals surface area contributed by atoms with Gasteiger partial charge >= 0.3 is 0 Å². The molecule has 116 valence electrons. The van der Waals surface area contributed by atoms with E-state index in [1.165, 1.54) is 24.6 Å². The van der Waals surface area contributed by atoms with Crippen LogP contribution in [0.15, 0.2) is 29.1 Å². The van der Waals surface area contributed by atoms with Crippen LogP contribution in [0.3, 0.4) is 0 Å². The molecule has 3 rings (SSSR count). The average molecular weight is 303 g/mol. The number of carbonyl (C=O) groups is 1. The summed E-state index contributed by atoms with van der Waals surface area (Å²) in [5.74, 6) is 4.28. The standard InChI is InChI=1S/C16H18FN3O2/c17-10-6-7-13-12(8-10)15(21)9-14(16(22)19-18)20(13)11-4-2-1-3-5-11/h6-9,11H,1-5,18H2,(H,19,22).